The van der Waals surface area contributed by atoms with Gasteiger partial charge in [-0.05, 0) is 36.1 Å². The predicted molar refractivity (Wildman–Crippen MR) is 120 cm³/mol. The minimum atomic E-state index is -0.909. The van der Waals surface area contributed by atoms with Gasteiger partial charge in [-0.15, -0.1) is 0 Å². The fourth-order valence-electron chi connectivity index (χ4n) is 3.37. The van der Waals surface area contributed by atoms with Crippen molar-refractivity contribution in [3.05, 3.63) is 107 Å². The molecule has 0 saturated carbocycles. The molecule has 0 saturated heterocycles. The first-order chi connectivity index (χ1) is 15.5. The van der Waals surface area contributed by atoms with Crippen LogP contribution in [0, 0.1) is 11.6 Å². The summed E-state index contributed by atoms with van der Waals surface area (Å²) in [5.41, 5.74) is 1.99. The third kappa shape index (κ3) is 7.01. The molecule has 4 nitrogen and oxygen atoms in total. The van der Waals surface area contributed by atoms with Crippen molar-refractivity contribution in [3.8, 4) is 0 Å². The Morgan fingerprint density at radius 3 is 2.16 bits per heavy atom. The maximum absolute atomic E-state index is 13.7. The summed E-state index contributed by atoms with van der Waals surface area (Å²) in [7, 11) is 0. The van der Waals surface area contributed by atoms with Crippen LogP contribution in [0.2, 0.25) is 0 Å². The van der Waals surface area contributed by atoms with E-state index in [1.54, 1.807) is 0 Å². The van der Waals surface area contributed by atoms with Crippen LogP contribution in [0.4, 0.5) is 8.78 Å². The van der Waals surface area contributed by atoms with Crippen LogP contribution in [0.15, 0.2) is 78.9 Å². The maximum Gasteiger partial charge on any atom is 0.254 e. The van der Waals surface area contributed by atoms with Gasteiger partial charge in [0.05, 0.1) is 5.56 Å². The van der Waals surface area contributed by atoms with Gasteiger partial charge in [0.2, 0.25) is 5.91 Å². The Hall–Kier alpha value is -3.54. The standard InChI is InChI=1S/C26H26F2N2O2/c27-22-13-14-23(24(28)18-22)26(32)29-16-7-12-25(31)30(19-21-10-5-2-6-11-21)17-15-20-8-3-1-4-9-20/h1-6,8-11,13-14,18H,7,12,15-17,19H2,(H,29,32). The minimum Gasteiger partial charge on any atom is -0.352 e. The molecule has 3 rings (SSSR count). The normalized spacial score (nSPS) is 10.6. The highest BCUT2D eigenvalue weighted by Gasteiger charge is 2.15. The van der Waals surface area contributed by atoms with E-state index in [2.05, 4.69) is 5.32 Å². The Labute approximate surface area is 186 Å². The first kappa shape index (κ1) is 23.1. The van der Waals surface area contributed by atoms with Crippen molar-refractivity contribution in [2.24, 2.45) is 0 Å². The van der Waals surface area contributed by atoms with Crippen LogP contribution in [0.5, 0.6) is 0 Å². The number of nitrogens with zero attached hydrogens (tertiary/aromatic N) is 1. The number of hydrogen-bond acceptors (Lipinski definition) is 2. The second kappa shape index (κ2) is 11.7. The third-order valence-corrected chi connectivity index (χ3v) is 5.11. The molecule has 0 radical (unpaired) electrons. The zero-order chi connectivity index (χ0) is 22.8. The molecule has 6 heteroatoms. The summed E-state index contributed by atoms with van der Waals surface area (Å²) < 4.78 is 26.7. The molecular formula is C26H26F2N2O2. The van der Waals surface area contributed by atoms with Crippen molar-refractivity contribution in [1.29, 1.82) is 0 Å². The lowest BCUT2D eigenvalue weighted by Crippen LogP contribution is -2.33. The van der Waals surface area contributed by atoms with Gasteiger partial charge in [-0.25, -0.2) is 8.78 Å². The van der Waals surface area contributed by atoms with E-state index < -0.39 is 17.5 Å². The molecule has 0 heterocycles. The van der Waals surface area contributed by atoms with E-state index in [0.717, 1.165) is 29.7 Å². The van der Waals surface area contributed by atoms with Crippen LogP contribution in [0.3, 0.4) is 0 Å². The molecule has 0 bridgehead atoms. The van der Waals surface area contributed by atoms with Gasteiger partial charge in [0, 0.05) is 32.1 Å². The summed E-state index contributed by atoms with van der Waals surface area (Å²) in [6, 6.07) is 22.6. The summed E-state index contributed by atoms with van der Waals surface area (Å²) >= 11 is 0. The largest absolute Gasteiger partial charge is 0.352 e. The van der Waals surface area contributed by atoms with Crippen molar-refractivity contribution >= 4 is 11.8 Å². The van der Waals surface area contributed by atoms with Crippen molar-refractivity contribution in [2.45, 2.75) is 25.8 Å². The van der Waals surface area contributed by atoms with Gasteiger partial charge in [-0.2, -0.15) is 0 Å². The lowest BCUT2D eigenvalue weighted by Gasteiger charge is -2.23. The van der Waals surface area contributed by atoms with Crippen LogP contribution in [-0.4, -0.2) is 29.8 Å². The van der Waals surface area contributed by atoms with Gasteiger partial charge >= 0.3 is 0 Å². The minimum absolute atomic E-state index is 0.00741. The summed E-state index contributed by atoms with van der Waals surface area (Å²) in [5.74, 6) is -2.28. The second-order valence-electron chi connectivity index (χ2n) is 7.52. The van der Waals surface area contributed by atoms with Crippen LogP contribution in [0.25, 0.3) is 0 Å². The Morgan fingerprint density at radius 1 is 0.844 bits per heavy atom. The molecule has 0 aromatic heterocycles. The molecule has 0 aliphatic carbocycles. The smallest absolute Gasteiger partial charge is 0.254 e. The van der Waals surface area contributed by atoms with E-state index in [9.17, 15) is 18.4 Å². The molecule has 0 aliphatic rings. The number of carbonyl (C=O) groups excluding carboxylic acids is 2. The van der Waals surface area contributed by atoms with Gasteiger partial charge in [0.1, 0.15) is 11.6 Å². The second-order valence-corrected chi connectivity index (χ2v) is 7.52. The van der Waals surface area contributed by atoms with Crippen LogP contribution >= 0.6 is 0 Å². The van der Waals surface area contributed by atoms with E-state index in [0.29, 0.717) is 25.6 Å². The van der Waals surface area contributed by atoms with Gasteiger partial charge < -0.3 is 10.2 Å². The first-order valence-corrected chi connectivity index (χ1v) is 10.6. The van der Waals surface area contributed by atoms with Crippen LogP contribution < -0.4 is 5.32 Å². The zero-order valence-electron chi connectivity index (χ0n) is 17.8. The average Bonchev–Trinajstić information content (AvgIpc) is 2.80. The highest BCUT2D eigenvalue weighted by molar-refractivity contribution is 5.94. The predicted octanol–water partition coefficient (Wildman–Crippen LogP) is 4.75. The molecule has 2 amide bonds. The van der Waals surface area contributed by atoms with Crippen molar-refractivity contribution in [1.82, 2.24) is 10.2 Å². The molecule has 0 atom stereocenters. The van der Waals surface area contributed by atoms with Gasteiger partial charge in [-0.1, -0.05) is 60.7 Å². The number of amides is 2. The maximum atomic E-state index is 13.7. The molecule has 166 valence electrons. The van der Waals surface area contributed by atoms with E-state index in [1.165, 1.54) is 0 Å². The highest BCUT2D eigenvalue weighted by atomic mass is 19.1. The fourth-order valence-corrected chi connectivity index (χ4v) is 3.37. The van der Waals surface area contributed by atoms with Gasteiger partial charge in [0.25, 0.3) is 5.91 Å². The lowest BCUT2D eigenvalue weighted by molar-refractivity contribution is -0.131. The van der Waals surface area contributed by atoms with E-state index in [1.807, 2.05) is 65.6 Å². The molecule has 0 fully saturated rings. The third-order valence-electron chi connectivity index (χ3n) is 5.11. The SMILES string of the molecule is O=C(NCCCC(=O)N(CCc1ccccc1)Cc1ccccc1)c1ccc(F)cc1F. The fraction of sp³-hybridized carbons (Fsp3) is 0.231. The number of hydrogen-bond donors (Lipinski definition) is 1. The average molecular weight is 437 g/mol. The first-order valence-electron chi connectivity index (χ1n) is 10.6. The zero-order valence-corrected chi connectivity index (χ0v) is 17.8. The monoisotopic (exact) mass is 436 g/mol. The number of rotatable bonds is 10. The summed E-state index contributed by atoms with van der Waals surface area (Å²) in [6.07, 6.45) is 1.43. The number of benzene rings is 3. The molecule has 0 aliphatic heterocycles. The van der Waals surface area contributed by atoms with Gasteiger partial charge in [-0.3, -0.25) is 9.59 Å². The molecular weight excluding hydrogens is 410 g/mol. The van der Waals surface area contributed by atoms with Crippen molar-refractivity contribution in [2.75, 3.05) is 13.1 Å². The summed E-state index contributed by atoms with van der Waals surface area (Å²) in [5, 5.41) is 2.59. The number of carbonyl (C=O) groups is 2. The van der Waals surface area contributed by atoms with Crippen molar-refractivity contribution in [3.63, 3.8) is 0 Å². The molecule has 32 heavy (non-hydrogen) atoms. The van der Waals surface area contributed by atoms with Crippen LogP contribution in [-0.2, 0) is 17.8 Å². The Bertz CT molecular complexity index is 1030. The summed E-state index contributed by atoms with van der Waals surface area (Å²) in [6.45, 7) is 1.32. The lowest BCUT2D eigenvalue weighted by atomic mass is 10.1. The Morgan fingerprint density at radius 2 is 1.50 bits per heavy atom. The van der Waals surface area contributed by atoms with Crippen molar-refractivity contribution < 1.29 is 18.4 Å². The Kier molecular flexibility index (Phi) is 8.49. The highest BCUT2D eigenvalue weighted by Crippen LogP contribution is 2.11. The van der Waals surface area contributed by atoms with E-state index in [-0.39, 0.29) is 24.4 Å². The number of halogens is 2. The molecule has 3 aromatic carbocycles. The molecule has 0 spiro atoms. The number of nitrogens with one attached hydrogen (secondary N) is 1. The quantitative estimate of drug-likeness (QED) is 0.467. The topological polar surface area (TPSA) is 49.4 Å². The van der Waals surface area contributed by atoms with Gasteiger partial charge in [0.15, 0.2) is 0 Å². The molecule has 3 aromatic rings. The Balaban J connectivity index is 1.52. The van der Waals surface area contributed by atoms with E-state index >= 15 is 0 Å². The van der Waals surface area contributed by atoms with E-state index in [4.69, 9.17) is 0 Å². The molecule has 1 N–H and O–H groups in total. The van der Waals surface area contributed by atoms with Crippen LogP contribution in [0.1, 0.15) is 34.3 Å². The molecule has 0 unspecified atom stereocenters. The summed E-state index contributed by atoms with van der Waals surface area (Å²) in [4.78, 5) is 26.8.